The van der Waals surface area contributed by atoms with Crippen LogP contribution in [0.3, 0.4) is 0 Å². The fourth-order valence-corrected chi connectivity index (χ4v) is 2.58. The smallest absolute Gasteiger partial charge is 0.275 e. The lowest BCUT2D eigenvalue weighted by molar-refractivity contribution is 0.0952. The lowest BCUT2D eigenvalue weighted by Gasteiger charge is -2.07. The molecule has 21 heavy (non-hydrogen) atoms. The molecule has 0 saturated carbocycles. The van der Waals surface area contributed by atoms with Crippen LogP contribution in [-0.4, -0.2) is 19.2 Å². The molecular formula is C13H9Br2IN2O3. The Balaban J connectivity index is 2.10. The van der Waals surface area contributed by atoms with Gasteiger partial charge in [-0.15, -0.1) is 0 Å². The molecule has 5 nitrogen and oxygen atoms in total. The quantitative estimate of drug-likeness (QED) is 0.369. The first kappa shape index (κ1) is 16.5. The Labute approximate surface area is 151 Å². The molecule has 0 aliphatic heterocycles. The SMILES string of the molecule is COc1ccc(Br)cc1C(=O)N/N=C\c1cc(Br)c(I)o1. The van der Waals surface area contributed by atoms with Crippen LogP contribution in [0.25, 0.3) is 0 Å². The monoisotopic (exact) mass is 526 g/mol. The summed E-state index contributed by atoms with van der Waals surface area (Å²) in [5.74, 6) is 0.638. The van der Waals surface area contributed by atoms with E-state index >= 15 is 0 Å². The molecule has 0 fully saturated rings. The molecule has 0 spiro atoms. The largest absolute Gasteiger partial charge is 0.496 e. The van der Waals surface area contributed by atoms with Crippen LogP contribution in [0.2, 0.25) is 0 Å². The number of hydrogen-bond donors (Lipinski definition) is 1. The van der Waals surface area contributed by atoms with Crippen molar-refractivity contribution in [2.24, 2.45) is 5.10 Å². The van der Waals surface area contributed by atoms with Crippen molar-refractivity contribution in [1.82, 2.24) is 5.43 Å². The van der Waals surface area contributed by atoms with Gasteiger partial charge in [-0.05, 0) is 34.1 Å². The molecule has 0 radical (unpaired) electrons. The van der Waals surface area contributed by atoms with Gasteiger partial charge < -0.3 is 9.15 Å². The molecule has 0 aliphatic carbocycles. The summed E-state index contributed by atoms with van der Waals surface area (Å²) in [5, 5.41) is 3.86. The molecule has 0 unspecified atom stereocenters. The molecule has 110 valence electrons. The second-order valence-corrected chi connectivity index (χ2v) is 6.56. The van der Waals surface area contributed by atoms with Gasteiger partial charge in [-0.1, -0.05) is 15.9 Å². The van der Waals surface area contributed by atoms with Gasteiger partial charge in [0, 0.05) is 33.1 Å². The Morgan fingerprint density at radius 3 is 2.81 bits per heavy atom. The minimum atomic E-state index is -0.371. The van der Waals surface area contributed by atoms with Gasteiger partial charge in [-0.3, -0.25) is 4.79 Å². The van der Waals surface area contributed by atoms with Crippen molar-refractivity contribution >= 4 is 66.6 Å². The zero-order valence-corrected chi connectivity index (χ0v) is 16.0. The molecule has 1 N–H and O–H groups in total. The number of amides is 1. The number of hydrazone groups is 1. The first-order valence-corrected chi connectivity index (χ1v) is 8.29. The second-order valence-electron chi connectivity index (χ2n) is 3.81. The Morgan fingerprint density at radius 2 is 2.19 bits per heavy atom. The summed E-state index contributed by atoms with van der Waals surface area (Å²) in [7, 11) is 1.51. The van der Waals surface area contributed by atoms with Gasteiger partial charge in [0.25, 0.3) is 5.91 Å². The number of methoxy groups -OCH3 is 1. The lowest BCUT2D eigenvalue weighted by Crippen LogP contribution is -2.18. The highest BCUT2D eigenvalue weighted by Crippen LogP contribution is 2.23. The van der Waals surface area contributed by atoms with Gasteiger partial charge in [0.15, 0.2) is 3.77 Å². The summed E-state index contributed by atoms with van der Waals surface area (Å²) in [6.07, 6.45) is 1.43. The topological polar surface area (TPSA) is 63.8 Å². The fraction of sp³-hybridized carbons (Fsp3) is 0.0769. The molecule has 1 aromatic carbocycles. The van der Waals surface area contributed by atoms with Gasteiger partial charge in [0.05, 0.1) is 23.4 Å². The standard InChI is InChI=1S/C13H9Br2IN2O3/c1-20-11-3-2-7(14)4-9(11)13(19)18-17-6-8-5-10(15)12(16)21-8/h2-6H,1H3,(H,18,19)/b17-6-. The van der Waals surface area contributed by atoms with Gasteiger partial charge in [0.1, 0.15) is 11.5 Å². The van der Waals surface area contributed by atoms with E-state index in [2.05, 4.69) is 42.4 Å². The second kappa shape index (κ2) is 7.41. The zero-order chi connectivity index (χ0) is 15.4. The van der Waals surface area contributed by atoms with Crippen LogP contribution in [0.1, 0.15) is 16.1 Å². The number of halogens is 3. The van der Waals surface area contributed by atoms with E-state index in [1.807, 2.05) is 22.6 Å². The number of rotatable bonds is 4. The van der Waals surface area contributed by atoms with Crippen molar-refractivity contribution in [1.29, 1.82) is 0 Å². The van der Waals surface area contributed by atoms with Crippen LogP contribution < -0.4 is 10.2 Å². The minimum absolute atomic E-state index is 0.371. The Hall–Kier alpha value is -0.870. The van der Waals surface area contributed by atoms with Gasteiger partial charge >= 0.3 is 0 Å². The number of nitrogens with zero attached hydrogens (tertiary/aromatic N) is 1. The first-order valence-electron chi connectivity index (χ1n) is 5.63. The number of benzene rings is 1. The number of carbonyl (C=O) groups excluding carboxylic acids is 1. The van der Waals surface area contributed by atoms with Crippen molar-refractivity contribution in [3.8, 4) is 5.75 Å². The lowest BCUT2D eigenvalue weighted by atomic mass is 10.2. The molecule has 1 heterocycles. The van der Waals surface area contributed by atoms with E-state index in [0.29, 0.717) is 20.8 Å². The molecule has 2 aromatic rings. The van der Waals surface area contributed by atoms with Crippen molar-refractivity contribution < 1.29 is 13.9 Å². The van der Waals surface area contributed by atoms with Gasteiger partial charge in [-0.25, -0.2) is 5.43 Å². The molecule has 8 heteroatoms. The predicted molar refractivity (Wildman–Crippen MR) is 94.9 cm³/mol. The number of hydrogen-bond acceptors (Lipinski definition) is 4. The highest BCUT2D eigenvalue weighted by atomic mass is 127. The zero-order valence-electron chi connectivity index (χ0n) is 10.7. The average Bonchev–Trinajstić information content (AvgIpc) is 2.77. The van der Waals surface area contributed by atoms with E-state index < -0.39 is 0 Å². The van der Waals surface area contributed by atoms with Crippen LogP contribution in [0.15, 0.2) is 42.7 Å². The summed E-state index contributed by atoms with van der Waals surface area (Å²) in [5.41, 5.74) is 2.82. The summed E-state index contributed by atoms with van der Waals surface area (Å²) in [6, 6.07) is 6.92. The van der Waals surface area contributed by atoms with E-state index in [0.717, 1.165) is 8.95 Å². The molecule has 0 aliphatic rings. The summed E-state index contributed by atoms with van der Waals surface area (Å²) < 4.78 is 12.9. The Kier molecular flexibility index (Phi) is 5.82. The summed E-state index contributed by atoms with van der Waals surface area (Å²) in [6.45, 7) is 0. The van der Waals surface area contributed by atoms with Crippen LogP contribution in [0.5, 0.6) is 5.75 Å². The summed E-state index contributed by atoms with van der Waals surface area (Å²) >= 11 is 8.69. The maximum atomic E-state index is 12.1. The van der Waals surface area contributed by atoms with Crippen molar-refractivity contribution in [2.45, 2.75) is 0 Å². The molecule has 0 saturated heterocycles. The molecule has 0 bridgehead atoms. The third-order valence-corrected chi connectivity index (χ3v) is 5.05. The number of carbonyl (C=O) groups is 1. The molecule has 2 rings (SSSR count). The average molecular weight is 528 g/mol. The highest BCUT2D eigenvalue weighted by molar-refractivity contribution is 14.1. The Morgan fingerprint density at radius 1 is 1.43 bits per heavy atom. The van der Waals surface area contributed by atoms with E-state index in [1.54, 1.807) is 24.3 Å². The number of furan rings is 1. The number of ether oxygens (including phenoxy) is 1. The minimum Gasteiger partial charge on any atom is -0.496 e. The molecule has 0 atom stereocenters. The van der Waals surface area contributed by atoms with Gasteiger partial charge in [-0.2, -0.15) is 5.10 Å². The van der Waals surface area contributed by atoms with E-state index in [4.69, 9.17) is 9.15 Å². The third kappa shape index (κ3) is 4.30. The maximum Gasteiger partial charge on any atom is 0.275 e. The van der Waals surface area contributed by atoms with Crippen LogP contribution in [0.4, 0.5) is 0 Å². The highest BCUT2D eigenvalue weighted by Gasteiger charge is 2.12. The molecular weight excluding hydrogens is 519 g/mol. The van der Waals surface area contributed by atoms with Crippen LogP contribution in [-0.2, 0) is 0 Å². The fourth-order valence-electron chi connectivity index (χ4n) is 1.50. The summed E-state index contributed by atoms with van der Waals surface area (Å²) in [4.78, 5) is 12.1. The maximum absolute atomic E-state index is 12.1. The van der Waals surface area contributed by atoms with Crippen LogP contribution in [0, 0.1) is 3.77 Å². The van der Waals surface area contributed by atoms with Gasteiger partial charge in [0.2, 0.25) is 0 Å². The van der Waals surface area contributed by atoms with Crippen molar-refractivity contribution in [3.05, 3.63) is 48.3 Å². The van der Waals surface area contributed by atoms with Crippen molar-refractivity contribution in [3.63, 3.8) is 0 Å². The first-order chi connectivity index (χ1) is 10.0. The van der Waals surface area contributed by atoms with E-state index in [1.165, 1.54) is 13.3 Å². The predicted octanol–water partition coefficient (Wildman–Crippen LogP) is 4.18. The third-order valence-electron chi connectivity index (χ3n) is 2.43. The Bertz CT molecular complexity index is 681. The van der Waals surface area contributed by atoms with E-state index in [9.17, 15) is 4.79 Å². The number of nitrogens with one attached hydrogen (secondary N) is 1. The molecule has 1 amide bonds. The van der Waals surface area contributed by atoms with Crippen LogP contribution >= 0.6 is 54.5 Å². The van der Waals surface area contributed by atoms with Crippen molar-refractivity contribution in [2.75, 3.05) is 7.11 Å². The van der Waals surface area contributed by atoms with E-state index in [-0.39, 0.29) is 5.91 Å². The molecule has 1 aromatic heterocycles. The normalized spacial score (nSPS) is 10.9.